The van der Waals surface area contributed by atoms with Gasteiger partial charge in [0.25, 0.3) is 0 Å². The van der Waals surface area contributed by atoms with Crippen LogP contribution in [0, 0.1) is 0 Å². The fraction of sp³-hybridized carbons (Fsp3) is 0.500. The lowest BCUT2D eigenvalue weighted by molar-refractivity contribution is 0.630. The van der Waals surface area contributed by atoms with E-state index >= 15 is 0 Å². The minimum absolute atomic E-state index is 0.306. The molecule has 5 heteroatoms. The Balaban J connectivity index is 2.17. The summed E-state index contributed by atoms with van der Waals surface area (Å²) >= 11 is 3.53. The van der Waals surface area contributed by atoms with Gasteiger partial charge < -0.3 is 10.2 Å². The third-order valence-corrected chi connectivity index (χ3v) is 4.92. The van der Waals surface area contributed by atoms with Crippen molar-refractivity contribution < 1.29 is 0 Å². The van der Waals surface area contributed by atoms with E-state index in [0.29, 0.717) is 12.1 Å². The molecule has 0 amide bonds. The molecule has 0 aliphatic heterocycles. The molecule has 1 N–H and O–H groups in total. The van der Waals surface area contributed by atoms with Crippen molar-refractivity contribution in [2.45, 2.75) is 39.4 Å². The minimum Gasteiger partial charge on any atom is -0.341 e. The number of nitrogens with one attached hydrogen (secondary N) is 1. The summed E-state index contributed by atoms with van der Waals surface area (Å²) in [6.45, 7) is 7.51. The van der Waals surface area contributed by atoms with Gasteiger partial charge in [-0.3, -0.25) is 0 Å². The summed E-state index contributed by atoms with van der Waals surface area (Å²) < 4.78 is 0. The maximum Gasteiger partial charge on any atom is 0.186 e. The summed E-state index contributed by atoms with van der Waals surface area (Å²) in [6, 6.07) is 5.05. The van der Waals surface area contributed by atoms with Crippen LogP contribution >= 0.6 is 22.7 Å². The first-order valence-electron chi connectivity index (χ1n) is 6.53. The normalized spacial score (nSPS) is 12.9. The zero-order valence-electron chi connectivity index (χ0n) is 11.9. The molecule has 0 saturated carbocycles. The third-order valence-electron chi connectivity index (χ3n) is 3.16. The molecule has 0 aliphatic rings. The van der Waals surface area contributed by atoms with E-state index in [1.807, 2.05) is 7.05 Å². The first-order chi connectivity index (χ1) is 9.11. The van der Waals surface area contributed by atoms with Gasteiger partial charge >= 0.3 is 0 Å². The molecule has 0 saturated heterocycles. The molecule has 19 heavy (non-hydrogen) atoms. The number of thiophene rings is 1. The maximum atomic E-state index is 4.77. The minimum atomic E-state index is 0.306. The average molecular weight is 295 g/mol. The van der Waals surface area contributed by atoms with Gasteiger partial charge in [0.05, 0.1) is 12.2 Å². The van der Waals surface area contributed by atoms with E-state index in [1.54, 1.807) is 22.7 Å². The lowest BCUT2D eigenvalue weighted by Crippen LogP contribution is -2.29. The predicted molar refractivity (Wildman–Crippen MR) is 85.2 cm³/mol. The van der Waals surface area contributed by atoms with Crippen LogP contribution in [0.15, 0.2) is 22.9 Å². The molecule has 2 aromatic rings. The van der Waals surface area contributed by atoms with Crippen LogP contribution in [0.5, 0.6) is 0 Å². The fourth-order valence-electron chi connectivity index (χ4n) is 1.80. The summed E-state index contributed by atoms with van der Waals surface area (Å²) in [5.74, 6) is 0. The SMILES string of the molecule is CNC(C)c1csc(N(Cc2cccs2)C(C)C)n1. The molecule has 0 radical (unpaired) electrons. The highest BCUT2D eigenvalue weighted by atomic mass is 32.1. The van der Waals surface area contributed by atoms with Crippen LogP contribution in [0.4, 0.5) is 5.13 Å². The van der Waals surface area contributed by atoms with Crippen molar-refractivity contribution in [2.75, 3.05) is 11.9 Å². The quantitative estimate of drug-likeness (QED) is 0.876. The lowest BCUT2D eigenvalue weighted by Gasteiger charge is -2.25. The number of hydrogen-bond donors (Lipinski definition) is 1. The topological polar surface area (TPSA) is 28.2 Å². The van der Waals surface area contributed by atoms with Crippen LogP contribution in [0.3, 0.4) is 0 Å². The van der Waals surface area contributed by atoms with E-state index in [4.69, 9.17) is 4.98 Å². The Hall–Kier alpha value is -0.910. The Morgan fingerprint density at radius 1 is 1.32 bits per heavy atom. The number of hydrogen-bond acceptors (Lipinski definition) is 5. The van der Waals surface area contributed by atoms with Crippen molar-refractivity contribution in [3.8, 4) is 0 Å². The molecule has 1 atom stereocenters. The van der Waals surface area contributed by atoms with Gasteiger partial charge in [0.1, 0.15) is 0 Å². The van der Waals surface area contributed by atoms with E-state index in [-0.39, 0.29) is 0 Å². The zero-order valence-corrected chi connectivity index (χ0v) is 13.5. The molecule has 2 aromatic heterocycles. The standard InChI is InChI=1S/C14H21N3S2/c1-10(2)17(8-12-6-5-7-18-12)14-16-13(9-19-14)11(3)15-4/h5-7,9-11,15H,8H2,1-4H3. The molecule has 0 aliphatic carbocycles. The summed E-state index contributed by atoms with van der Waals surface area (Å²) in [4.78, 5) is 8.51. The Kier molecular flexibility index (Phi) is 4.96. The van der Waals surface area contributed by atoms with E-state index in [0.717, 1.165) is 17.4 Å². The molecule has 0 spiro atoms. The van der Waals surface area contributed by atoms with Crippen molar-refractivity contribution in [2.24, 2.45) is 0 Å². The van der Waals surface area contributed by atoms with Crippen LogP contribution in [0.1, 0.15) is 37.4 Å². The Labute approximate surface area is 123 Å². The fourth-order valence-corrected chi connectivity index (χ4v) is 3.55. The molecular weight excluding hydrogens is 274 g/mol. The van der Waals surface area contributed by atoms with E-state index in [2.05, 4.69) is 53.9 Å². The largest absolute Gasteiger partial charge is 0.341 e. The van der Waals surface area contributed by atoms with Gasteiger partial charge in [0, 0.05) is 22.3 Å². The lowest BCUT2D eigenvalue weighted by atomic mass is 10.3. The third kappa shape index (κ3) is 3.55. The summed E-state index contributed by atoms with van der Waals surface area (Å²) in [5.41, 5.74) is 1.12. The van der Waals surface area contributed by atoms with Crippen LogP contribution in [-0.4, -0.2) is 18.1 Å². The van der Waals surface area contributed by atoms with Crippen molar-refractivity contribution in [3.05, 3.63) is 33.5 Å². The van der Waals surface area contributed by atoms with Gasteiger partial charge in [-0.15, -0.1) is 22.7 Å². The Morgan fingerprint density at radius 3 is 2.68 bits per heavy atom. The predicted octanol–water partition coefficient (Wildman–Crippen LogP) is 3.90. The second kappa shape index (κ2) is 6.50. The molecular formula is C14H21N3S2. The van der Waals surface area contributed by atoms with E-state index in [1.165, 1.54) is 4.88 Å². The van der Waals surface area contributed by atoms with Gasteiger partial charge in [-0.25, -0.2) is 4.98 Å². The second-order valence-corrected chi connectivity index (χ2v) is 6.74. The molecule has 2 rings (SSSR count). The van der Waals surface area contributed by atoms with Crippen LogP contribution in [0.2, 0.25) is 0 Å². The summed E-state index contributed by atoms with van der Waals surface area (Å²) in [6.07, 6.45) is 0. The number of nitrogens with zero attached hydrogens (tertiary/aromatic N) is 2. The molecule has 1 unspecified atom stereocenters. The van der Waals surface area contributed by atoms with Crippen molar-refractivity contribution in [1.29, 1.82) is 0 Å². The summed E-state index contributed by atoms with van der Waals surface area (Å²) in [7, 11) is 1.97. The number of thiazole rings is 1. The van der Waals surface area contributed by atoms with E-state index < -0.39 is 0 Å². The van der Waals surface area contributed by atoms with Gasteiger partial charge in [0.15, 0.2) is 5.13 Å². The van der Waals surface area contributed by atoms with Crippen LogP contribution in [-0.2, 0) is 6.54 Å². The van der Waals surface area contributed by atoms with Crippen molar-refractivity contribution in [1.82, 2.24) is 10.3 Å². The summed E-state index contributed by atoms with van der Waals surface area (Å²) in [5, 5.41) is 8.63. The van der Waals surface area contributed by atoms with Crippen molar-refractivity contribution >= 4 is 27.8 Å². The smallest absolute Gasteiger partial charge is 0.186 e. The Bertz CT molecular complexity index is 491. The Morgan fingerprint density at radius 2 is 2.11 bits per heavy atom. The zero-order chi connectivity index (χ0) is 13.8. The molecule has 104 valence electrons. The maximum absolute atomic E-state index is 4.77. The number of rotatable bonds is 6. The van der Waals surface area contributed by atoms with Gasteiger partial charge in [0.2, 0.25) is 0 Å². The van der Waals surface area contributed by atoms with Gasteiger partial charge in [-0.05, 0) is 39.3 Å². The molecule has 3 nitrogen and oxygen atoms in total. The first-order valence-corrected chi connectivity index (χ1v) is 8.29. The number of aromatic nitrogens is 1. The van der Waals surface area contributed by atoms with Gasteiger partial charge in [-0.2, -0.15) is 0 Å². The highest BCUT2D eigenvalue weighted by Crippen LogP contribution is 2.27. The first kappa shape index (κ1) is 14.5. The average Bonchev–Trinajstić information content (AvgIpc) is 3.05. The molecule has 0 fully saturated rings. The molecule has 2 heterocycles. The number of anilines is 1. The highest BCUT2D eigenvalue weighted by Gasteiger charge is 2.17. The van der Waals surface area contributed by atoms with Gasteiger partial charge in [-0.1, -0.05) is 6.07 Å². The van der Waals surface area contributed by atoms with E-state index in [9.17, 15) is 0 Å². The molecule has 0 bridgehead atoms. The van der Waals surface area contributed by atoms with Crippen molar-refractivity contribution in [3.63, 3.8) is 0 Å². The monoisotopic (exact) mass is 295 g/mol. The highest BCUT2D eigenvalue weighted by molar-refractivity contribution is 7.13. The molecule has 0 aromatic carbocycles. The second-order valence-electron chi connectivity index (χ2n) is 4.87. The van der Waals surface area contributed by atoms with Crippen LogP contribution in [0.25, 0.3) is 0 Å². The van der Waals surface area contributed by atoms with Crippen LogP contribution < -0.4 is 10.2 Å².